The maximum atomic E-state index is 5.82. The fourth-order valence-electron chi connectivity index (χ4n) is 3.15. The Hall–Kier alpha value is -2.18. The molecule has 1 atom stereocenters. The summed E-state index contributed by atoms with van der Waals surface area (Å²) in [6.45, 7) is 7.70. The third-order valence-electron chi connectivity index (χ3n) is 4.13. The lowest BCUT2D eigenvalue weighted by Gasteiger charge is -2.36. The molecule has 3 heterocycles. The van der Waals surface area contributed by atoms with Gasteiger partial charge in [0.05, 0.1) is 12.6 Å². The van der Waals surface area contributed by atoms with E-state index in [-0.39, 0.29) is 0 Å². The first kappa shape index (κ1) is 14.7. The molecule has 2 N–H and O–H groups in total. The van der Waals surface area contributed by atoms with Crippen LogP contribution in [0.4, 0.5) is 11.8 Å². The molecule has 0 aromatic carbocycles. The molecule has 2 aromatic heterocycles. The first-order chi connectivity index (χ1) is 10.5. The minimum Gasteiger partial charge on any atom is -0.368 e. The maximum absolute atomic E-state index is 5.82. The summed E-state index contributed by atoms with van der Waals surface area (Å²) in [5.74, 6) is 3.04. The van der Waals surface area contributed by atoms with E-state index in [1.54, 1.807) is 0 Å². The zero-order chi connectivity index (χ0) is 15.7. The Morgan fingerprint density at radius 1 is 1.18 bits per heavy atom. The Labute approximate surface area is 130 Å². The van der Waals surface area contributed by atoms with E-state index < -0.39 is 0 Å². The fourth-order valence-corrected chi connectivity index (χ4v) is 3.15. The summed E-state index contributed by atoms with van der Waals surface area (Å²) < 4.78 is 2.00. The highest BCUT2D eigenvalue weighted by atomic mass is 15.4. The van der Waals surface area contributed by atoms with Gasteiger partial charge in [0.1, 0.15) is 17.5 Å². The average molecular weight is 301 g/mol. The summed E-state index contributed by atoms with van der Waals surface area (Å²) in [5, 5.41) is 4.49. The van der Waals surface area contributed by atoms with Crippen LogP contribution < -0.4 is 10.6 Å². The molecule has 0 bridgehead atoms. The van der Waals surface area contributed by atoms with E-state index in [0.29, 0.717) is 12.0 Å². The molecule has 1 unspecified atom stereocenters. The SMILES string of the molecule is Cc1cc(N2CCCCC2Cn2nc(C)nc2C)nc(N)n1. The van der Waals surface area contributed by atoms with Crippen LogP contribution in [0.1, 0.15) is 36.6 Å². The van der Waals surface area contributed by atoms with E-state index in [1.807, 2.05) is 31.5 Å². The Kier molecular flexibility index (Phi) is 3.96. The molecule has 1 aliphatic heterocycles. The van der Waals surface area contributed by atoms with Crippen molar-refractivity contribution in [2.24, 2.45) is 0 Å². The summed E-state index contributed by atoms with van der Waals surface area (Å²) in [5.41, 5.74) is 6.72. The minimum atomic E-state index is 0.340. The zero-order valence-corrected chi connectivity index (χ0v) is 13.5. The summed E-state index contributed by atoms with van der Waals surface area (Å²) in [4.78, 5) is 15.3. The topological polar surface area (TPSA) is 85.8 Å². The molecule has 0 radical (unpaired) electrons. The van der Waals surface area contributed by atoms with Crippen molar-refractivity contribution in [1.29, 1.82) is 0 Å². The van der Waals surface area contributed by atoms with Crippen LogP contribution >= 0.6 is 0 Å². The van der Waals surface area contributed by atoms with Crippen molar-refractivity contribution >= 4 is 11.8 Å². The second-order valence-electron chi connectivity index (χ2n) is 5.96. The molecular weight excluding hydrogens is 278 g/mol. The number of aromatic nitrogens is 5. The number of anilines is 2. The van der Waals surface area contributed by atoms with Gasteiger partial charge in [-0.15, -0.1) is 0 Å². The Morgan fingerprint density at radius 3 is 2.68 bits per heavy atom. The molecule has 0 aliphatic carbocycles. The number of aryl methyl sites for hydroxylation is 3. The average Bonchev–Trinajstić information content (AvgIpc) is 2.76. The predicted octanol–water partition coefficient (Wildman–Crippen LogP) is 1.63. The van der Waals surface area contributed by atoms with Gasteiger partial charge in [-0.2, -0.15) is 10.1 Å². The second-order valence-corrected chi connectivity index (χ2v) is 5.96. The van der Waals surface area contributed by atoms with Crippen molar-refractivity contribution in [3.8, 4) is 0 Å². The smallest absolute Gasteiger partial charge is 0.222 e. The highest BCUT2D eigenvalue weighted by molar-refractivity contribution is 5.44. The fraction of sp³-hybridized carbons (Fsp3) is 0.600. The third kappa shape index (κ3) is 3.03. The number of hydrogen-bond acceptors (Lipinski definition) is 6. The number of nitrogen functional groups attached to an aromatic ring is 1. The summed E-state index contributed by atoms with van der Waals surface area (Å²) in [6.07, 6.45) is 3.53. The van der Waals surface area contributed by atoms with Gasteiger partial charge in [-0.05, 0) is 40.0 Å². The number of hydrogen-bond donors (Lipinski definition) is 1. The Balaban J connectivity index is 1.86. The number of rotatable bonds is 3. The Bertz CT molecular complexity index is 644. The highest BCUT2D eigenvalue weighted by Crippen LogP contribution is 2.25. The molecular formula is C15H23N7. The molecule has 3 rings (SSSR count). The normalized spacial score (nSPS) is 18.7. The van der Waals surface area contributed by atoms with Gasteiger partial charge in [-0.1, -0.05) is 0 Å². The molecule has 0 spiro atoms. The van der Waals surface area contributed by atoms with Crippen LogP contribution in [0, 0.1) is 20.8 Å². The van der Waals surface area contributed by atoms with Gasteiger partial charge >= 0.3 is 0 Å². The van der Waals surface area contributed by atoms with Crippen LogP contribution in [0.25, 0.3) is 0 Å². The number of nitrogens with zero attached hydrogens (tertiary/aromatic N) is 6. The van der Waals surface area contributed by atoms with Gasteiger partial charge in [-0.3, -0.25) is 0 Å². The molecule has 2 aromatic rings. The van der Waals surface area contributed by atoms with Crippen molar-refractivity contribution in [2.45, 2.75) is 52.6 Å². The molecule has 7 nitrogen and oxygen atoms in total. The summed E-state index contributed by atoms with van der Waals surface area (Å²) in [6, 6.07) is 2.37. The van der Waals surface area contributed by atoms with Crippen LogP contribution in [0.5, 0.6) is 0 Å². The first-order valence-corrected chi connectivity index (χ1v) is 7.79. The number of piperidine rings is 1. The van der Waals surface area contributed by atoms with E-state index in [4.69, 9.17) is 5.73 Å². The van der Waals surface area contributed by atoms with Crippen molar-refractivity contribution in [3.63, 3.8) is 0 Å². The molecule has 1 fully saturated rings. The van der Waals surface area contributed by atoms with Crippen molar-refractivity contribution in [2.75, 3.05) is 17.2 Å². The Morgan fingerprint density at radius 2 is 2.00 bits per heavy atom. The first-order valence-electron chi connectivity index (χ1n) is 7.79. The van der Waals surface area contributed by atoms with E-state index in [9.17, 15) is 0 Å². The van der Waals surface area contributed by atoms with Crippen LogP contribution in [0.3, 0.4) is 0 Å². The van der Waals surface area contributed by atoms with E-state index in [2.05, 4.69) is 25.0 Å². The third-order valence-corrected chi connectivity index (χ3v) is 4.13. The lowest BCUT2D eigenvalue weighted by molar-refractivity contribution is 0.392. The van der Waals surface area contributed by atoms with E-state index >= 15 is 0 Å². The van der Waals surface area contributed by atoms with E-state index in [0.717, 1.165) is 42.7 Å². The lowest BCUT2D eigenvalue weighted by atomic mass is 10.0. The zero-order valence-electron chi connectivity index (χ0n) is 13.5. The van der Waals surface area contributed by atoms with Crippen LogP contribution in [-0.4, -0.2) is 37.3 Å². The summed E-state index contributed by atoms with van der Waals surface area (Å²) in [7, 11) is 0. The minimum absolute atomic E-state index is 0.340. The highest BCUT2D eigenvalue weighted by Gasteiger charge is 2.25. The largest absolute Gasteiger partial charge is 0.368 e. The van der Waals surface area contributed by atoms with Gasteiger partial charge in [0.15, 0.2) is 0 Å². The van der Waals surface area contributed by atoms with Gasteiger partial charge in [0.25, 0.3) is 0 Å². The molecule has 0 amide bonds. The molecule has 7 heteroatoms. The van der Waals surface area contributed by atoms with Crippen molar-refractivity contribution < 1.29 is 0 Å². The molecule has 0 saturated carbocycles. The van der Waals surface area contributed by atoms with Crippen molar-refractivity contribution in [3.05, 3.63) is 23.4 Å². The molecule has 1 saturated heterocycles. The summed E-state index contributed by atoms with van der Waals surface area (Å²) >= 11 is 0. The quantitative estimate of drug-likeness (QED) is 0.927. The van der Waals surface area contributed by atoms with Crippen LogP contribution in [0.2, 0.25) is 0 Å². The second kappa shape index (κ2) is 5.90. The predicted molar refractivity (Wildman–Crippen MR) is 85.7 cm³/mol. The lowest BCUT2D eigenvalue weighted by Crippen LogP contribution is -2.43. The van der Waals surface area contributed by atoms with E-state index in [1.165, 1.54) is 12.8 Å². The van der Waals surface area contributed by atoms with Crippen molar-refractivity contribution in [1.82, 2.24) is 24.7 Å². The molecule has 22 heavy (non-hydrogen) atoms. The van der Waals surface area contributed by atoms with Crippen LogP contribution in [0.15, 0.2) is 6.07 Å². The van der Waals surface area contributed by atoms with Gasteiger partial charge < -0.3 is 10.6 Å². The van der Waals surface area contributed by atoms with Crippen LogP contribution in [-0.2, 0) is 6.54 Å². The van der Waals surface area contributed by atoms with Gasteiger partial charge in [0, 0.05) is 18.3 Å². The van der Waals surface area contributed by atoms with Gasteiger partial charge in [0.2, 0.25) is 5.95 Å². The molecule has 118 valence electrons. The monoisotopic (exact) mass is 301 g/mol. The molecule has 1 aliphatic rings. The number of nitrogens with two attached hydrogens (primary N) is 1. The van der Waals surface area contributed by atoms with Gasteiger partial charge in [-0.25, -0.2) is 14.6 Å². The standard InChI is InChI=1S/C15H23N7/c1-10-8-14(19-15(16)17-10)21-7-5-4-6-13(21)9-22-12(3)18-11(2)20-22/h8,13H,4-7,9H2,1-3H3,(H2,16,17,19). The maximum Gasteiger partial charge on any atom is 0.222 e.